The fourth-order valence-electron chi connectivity index (χ4n) is 3.84. The Morgan fingerprint density at radius 1 is 1.21 bits per heavy atom. The smallest absolute Gasteiger partial charge is 0.337 e. The third-order valence-corrected chi connectivity index (χ3v) is 5.39. The SMILES string of the molecule is CCCCCc1cc(=O)oc2nc(ON=C3CCC4(CC3)OCCO4)[nH]c(=O)c12. The highest BCUT2D eigenvalue weighted by Crippen LogP contribution is 2.34. The Morgan fingerprint density at radius 2 is 1.97 bits per heavy atom. The van der Waals surface area contributed by atoms with Gasteiger partial charge in [0.15, 0.2) is 5.79 Å². The van der Waals surface area contributed by atoms with Crippen LogP contribution in [0.1, 0.15) is 57.4 Å². The first kappa shape index (κ1) is 19.8. The maximum Gasteiger partial charge on any atom is 0.337 e. The van der Waals surface area contributed by atoms with E-state index >= 15 is 0 Å². The molecule has 2 aromatic rings. The predicted octanol–water partition coefficient (Wildman–Crippen LogP) is 2.66. The number of hydrogen-bond donors (Lipinski definition) is 1. The Labute approximate surface area is 167 Å². The number of aromatic nitrogens is 2. The Kier molecular flexibility index (Phi) is 5.77. The molecule has 2 aliphatic rings. The van der Waals surface area contributed by atoms with Crippen molar-refractivity contribution in [1.29, 1.82) is 0 Å². The number of nitrogens with zero attached hydrogens (tertiary/aromatic N) is 2. The van der Waals surface area contributed by atoms with Crippen molar-refractivity contribution in [2.45, 2.75) is 64.1 Å². The number of nitrogens with one attached hydrogen (secondary N) is 1. The van der Waals surface area contributed by atoms with E-state index in [1.165, 1.54) is 6.07 Å². The Hall–Kier alpha value is -2.52. The molecule has 1 saturated heterocycles. The van der Waals surface area contributed by atoms with Crippen molar-refractivity contribution in [3.8, 4) is 6.01 Å². The minimum atomic E-state index is -0.534. The second kappa shape index (κ2) is 8.46. The third kappa shape index (κ3) is 4.40. The maximum atomic E-state index is 12.6. The molecule has 1 spiro atoms. The minimum Gasteiger partial charge on any atom is -0.403 e. The van der Waals surface area contributed by atoms with E-state index < -0.39 is 17.0 Å². The molecule has 9 nitrogen and oxygen atoms in total. The summed E-state index contributed by atoms with van der Waals surface area (Å²) in [5.41, 5.74) is 0.514. The average Bonchev–Trinajstić information content (AvgIpc) is 3.15. The van der Waals surface area contributed by atoms with E-state index in [-0.39, 0.29) is 17.1 Å². The van der Waals surface area contributed by atoms with E-state index in [4.69, 9.17) is 18.7 Å². The van der Waals surface area contributed by atoms with Gasteiger partial charge in [-0.3, -0.25) is 9.78 Å². The molecule has 0 unspecified atom stereocenters. The molecule has 2 fully saturated rings. The average molecular weight is 403 g/mol. The lowest BCUT2D eigenvalue weighted by molar-refractivity contribution is -0.167. The topological polar surface area (TPSA) is 116 Å². The summed E-state index contributed by atoms with van der Waals surface area (Å²) in [5.74, 6) is -0.480. The number of aryl methyl sites for hydroxylation is 1. The van der Waals surface area contributed by atoms with Crippen molar-refractivity contribution in [1.82, 2.24) is 9.97 Å². The van der Waals surface area contributed by atoms with Gasteiger partial charge in [-0.05, 0) is 31.2 Å². The second-order valence-electron chi connectivity index (χ2n) is 7.46. The summed E-state index contributed by atoms with van der Waals surface area (Å²) in [5, 5.41) is 4.40. The molecule has 0 amide bonds. The summed E-state index contributed by atoms with van der Waals surface area (Å²) in [6, 6.07) is 1.26. The van der Waals surface area contributed by atoms with Crippen LogP contribution in [0.2, 0.25) is 0 Å². The number of ether oxygens (including phenoxy) is 2. The molecule has 1 aliphatic carbocycles. The second-order valence-corrected chi connectivity index (χ2v) is 7.46. The van der Waals surface area contributed by atoms with Gasteiger partial charge in [0.2, 0.25) is 5.71 Å². The highest BCUT2D eigenvalue weighted by molar-refractivity contribution is 5.85. The van der Waals surface area contributed by atoms with Gasteiger partial charge in [0.05, 0.1) is 18.9 Å². The molecule has 29 heavy (non-hydrogen) atoms. The molecular formula is C20H25N3O6. The first-order valence-electron chi connectivity index (χ1n) is 10.2. The van der Waals surface area contributed by atoms with Gasteiger partial charge >= 0.3 is 11.6 Å². The summed E-state index contributed by atoms with van der Waals surface area (Å²) in [7, 11) is 0. The molecule has 156 valence electrons. The van der Waals surface area contributed by atoms with Gasteiger partial charge in [-0.15, -0.1) is 0 Å². The Balaban J connectivity index is 1.51. The molecule has 0 aromatic carbocycles. The molecule has 9 heteroatoms. The summed E-state index contributed by atoms with van der Waals surface area (Å²) in [6.45, 7) is 3.34. The largest absolute Gasteiger partial charge is 0.403 e. The molecule has 2 aromatic heterocycles. The van der Waals surface area contributed by atoms with Crippen molar-refractivity contribution in [3.05, 3.63) is 32.4 Å². The standard InChI is InChI=1S/C20H25N3O6/c1-2-3-4-5-13-12-15(24)28-18-16(13)17(25)21-19(22-18)29-23-14-6-8-20(9-7-14)26-10-11-27-20/h12H,2-11H2,1H3,(H,21,22,25). The van der Waals surface area contributed by atoms with Gasteiger partial charge in [-0.2, -0.15) is 4.98 Å². The molecule has 1 N–H and O–H groups in total. The molecule has 1 aliphatic heterocycles. The van der Waals surface area contributed by atoms with Crippen molar-refractivity contribution >= 4 is 16.8 Å². The van der Waals surface area contributed by atoms with Gasteiger partial charge in [0.1, 0.15) is 5.39 Å². The first-order valence-corrected chi connectivity index (χ1v) is 10.2. The van der Waals surface area contributed by atoms with Crippen LogP contribution in [-0.4, -0.2) is 34.7 Å². The highest BCUT2D eigenvalue weighted by atomic mass is 16.7. The fourth-order valence-corrected chi connectivity index (χ4v) is 3.84. The van der Waals surface area contributed by atoms with Crippen molar-refractivity contribution < 1.29 is 18.7 Å². The highest BCUT2D eigenvalue weighted by Gasteiger charge is 2.39. The lowest BCUT2D eigenvalue weighted by Crippen LogP contribution is -2.35. The monoisotopic (exact) mass is 403 g/mol. The number of unbranched alkanes of at least 4 members (excludes halogenated alkanes) is 2. The predicted molar refractivity (Wildman–Crippen MR) is 105 cm³/mol. The maximum absolute atomic E-state index is 12.6. The zero-order valence-electron chi connectivity index (χ0n) is 16.5. The lowest BCUT2D eigenvalue weighted by atomic mass is 9.92. The number of aromatic amines is 1. The normalized spacial score (nSPS) is 18.4. The molecule has 1 saturated carbocycles. The van der Waals surface area contributed by atoms with E-state index in [2.05, 4.69) is 22.0 Å². The van der Waals surface area contributed by atoms with E-state index in [9.17, 15) is 9.59 Å². The van der Waals surface area contributed by atoms with Crippen LogP contribution in [0.3, 0.4) is 0 Å². The van der Waals surface area contributed by atoms with Gasteiger partial charge in [0.25, 0.3) is 5.56 Å². The molecule has 0 radical (unpaired) electrons. The number of rotatable bonds is 6. The zero-order chi connectivity index (χ0) is 20.3. The van der Waals surface area contributed by atoms with Gasteiger partial charge in [0, 0.05) is 18.9 Å². The third-order valence-electron chi connectivity index (χ3n) is 5.39. The summed E-state index contributed by atoms with van der Waals surface area (Å²) < 4.78 is 16.5. The minimum absolute atomic E-state index is 0.0294. The van der Waals surface area contributed by atoms with Crippen LogP contribution in [0, 0.1) is 0 Å². The fraction of sp³-hybridized carbons (Fsp3) is 0.600. The van der Waals surface area contributed by atoms with Gasteiger partial charge < -0.3 is 18.7 Å². The Morgan fingerprint density at radius 3 is 2.69 bits per heavy atom. The Bertz CT molecular complexity index is 1010. The van der Waals surface area contributed by atoms with Gasteiger partial charge in [-0.1, -0.05) is 24.9 Å². The van der Waals surface area contributed by atoms with E-state index in [0.717, 1.165) is 25.0 Å². The number of hydrogen-bond acceptors (Lipinski definition) is 8. The van der Waals surface area contributed by atoms with Gasteiger partial charge in [-0.25, -0.2) is 4.79 Å². The molecule has 0 bridgehead atoms. The van der Waals surface area contributed by atoms with Crippen molar-refractivity contribution in [3.63, 3.8) is 0 Å². The molecule has 0 atom stereocenters. The lowest BCUT2D eigenvalue weighted by Gasteiger charge is -2.31. The van der Waals surface area contributed by atoms with Crippen LogP contribution in [0.15, 0.2) is 25.2 Å². The van der Waals surface area contributed by atoms with Crippen LogP contribution in [0.5, 0.6) is 6.01 Å². The van der Waals surface area contributed by atoms with Crippen LogP contribution >= 0.6 is 0 Å². The molecule has 3 heterocycles. The van der Waals surface area contributed by atoms with Crippen LogP contribution in [-0.2, 0) is 15.9 Å². The zero-order valence-corrected chi connectivity index (χ0v) is 16.5. The van der Waals surface area contributed by atoms with Crippen LogP contribution in [0.25, 0.3) is 11.1 Å². The number of oxime groups is 1. The van der Waals surface area contributed by atoms with Crippen LogP contribution in [0.4, 0.5) is 0 Å². The molecular weight excluding hydrogens is 378 g/mol. The van der Waals surface area contributed by atoms with Crippen molar-refractivity contribution in [2.24, 2.45) is 5.16 Å². The van der Waals surface area contributed by atoms with E-state index in [1.807, 2.05) is 0 Å². The molecule has 4 rings (SSSR count). The van der Waals surface area contributed by atoms with E-state index in [0.29, 0.717) is 50.9 Å². The number of H-pyrrole nitrogens is 1. The quantitative estimate of drug-likeness (QED) is 0.582. The van der Waals surface area contributed by atoms with Crippen molar-refractivity contribution in [2.75, 3.05) is 13.2 Å². The van der Waals surface area contributed by atoms with E-state index in [1.54, 1.807) is 0 Å². The summed E-state index contributed by atoms with van der Waals surface area (Å²) in [6.07, 6.45) is 6.35. The first-order chi connectivity index (χ1) is 14.1. The number of fused-ring (bicyclic) bond motifs is 1. The summed E-state index contributed by atoms with van der Waals surface area (Å²) >= 11 is 0. The van der Waals surface area contributed by atoms with Crippen LogP contribution < -0.4 is 16.0 Å². The summed E-state index contributed by atoms with van der Waals surface area (Å²) in [4.78, 5) is 36.5.